The molecule has 0 radical (unpaired) electrons. The number of ether oxygens (including phenoxy) is 2. The number of nitrogens with zero attached hydrogens (tertiary/aromatic N) is 2. The number of rotatable bonds is 5. The number of nitrogens with two attached hydrogens (primary N) is 1. The summed E-state index contributed by atoms with van der Waals surface area (Å²) in [4.78, 5) is 4.09. The Balaban J connectivity index is 2.67. The van der Waals surface area contributed by atoms with Crippen LogP contribution >= 0.6 is 0 Å². The van der Waals surface area contributed by atoms with Crippen molar-refractivity contribution in [1.82, 2.24) is 10.1 Å². The first-order valence-corrected chi connectivity index (χ1v) is 4.29. The van der Waals surface area contributed by atoms with Crippen LogP contribution in [0.15, 0.2) is 4.52 Å². The molecular weight excluding hydrogens is 186 g/mol. The van der Waals surface area contributed by atoms with Gasteiger partial charge in [-0.1, -0.05) is 5.16 Å². The van der Waals surface area contributed by atoms with E-state index in [2.05, 4.69) is 10.1 Å². The summed E-state index contributed by atoms with van der Waals surface area (Å²) in [7, 11) is 3.14. The largest absolute Gasteiger partial charge is 0.383 e. The van der Waals surface area contributed by atoms with Crippen molar-refractivity contribution < 1.29 is 14.0 Å². The average Bonchev–Trinajstić information content (AvgIpc) is 2.66. The second kappa shape index (κ2) is 5.04. The minimum atomic E-state index is -0.360. The summed E-state index contributed by atoms with van der Waals surface area (Å²) in [6.45, 7) is 2.18. The van der Waals surface area contributed by atoms with Gasteiger partial charge in [-0.05, 0) is 6.92 Å². The SMILES string of the molecule is COCC(N)c1noc(C(C)OC)n1. The molecule has 80 valence electrons. The number of aromatic nitrogens is 2. The first-order valence-electron chi connectivity index (χ1n) is 4.29. The van der Waals surface area contributed by atoms with E-state index < -0.39 is 0 Å². The summed E-state index contributed by atoms with van der Waals surface area (Å²) < 4.78 is 14.9. The zero-order valence-electron chi connectivity index (χ0n) is 8.56. The van der Waals surface area contributed by atoms with Gasteiger partial charge in [0.2, 0.25) is 0 Å². The van der Waals surface area contributed by atoms with Crippen LogP contribution in [0.25, 0.3) is 0 Å². The van der Waals surface area contributed by atoms with Crippen molar-refractivity contribution in [2.45, 2.75) is 19.1 Å². The van der Waals surface area contributed by atoms with Crippen molar-refractivity contribution in [2.75, 3.05) is 20.8 Å². The lowest BCUT2D eigenvalue weighted by Gasteiger charge is -2.04. The topological polar surface area (TPSA) is 83.4 Å². The predicted molar refractivity (Wildman–Crippen MR) is 48.5 cm³/mol. The predicted octanol–water partition coefficient (Wildman–Crippen LogP) is 0.423. The Bertz CT molecular complexity index is 277. The molecule has 0 amide bonds. The fourth-order valence-corrected chi connectivity index (χ4v) is 0.918. The quantitative estimate of drug-likeness (QED) is 0.743. The molecule has 1 aromatic rings. The Hall–Kier alpha value is -0.980. The van der Waals surface area contributed by atoms with Crippen molar-refractivity contribution in [3.8, 4) is 0 Å². The van der Waals surface area contributed by atoms with Gasteiger partial charge in [0.05, 0.1) is 12.6 Å². The molecule has 14 heavy (non-hydrogen) atoms. The third-order valence-corrected chi connectivity index (χ3v) is 1.84. The van der Waals surface area contributed by atoms with E-state index in [1.54, 1.807) is 14.2 Å². The first kappa shape index (κ1) is 11.1. The molecule has 6 nitrogen and oxygen atoms in total. The molecule has 0 saturated carbocycles. The van der Waals surface area contributed by atoms with Crippen LogP contribution in [0.1, 0.15) is 30.8 Å². The highest BCUT2D eigenvalue weighted by molar-refractivity contribution is 4.94. The molecule has 2 atom stereocenters. The highest BCUT2D eigenvalue weighted by atomic mass is 16.5. The standard InChI is InChI=1S/C8H15N3O3/c1-5(13-3)8-10-7(11-14-8)6(9)4-12-2/h5-6H,4,9H2,1-3H3. The van der Waals surface area contributed by atoms with Crippen LogP contribution in [-0.2, 0) is 9.47 Å². The smallest absolute Gasteiger partial charge is 0.255 e. The van der Waals surface area contributed by atoms with Gasteiger partial charge in [0.15, 0.2) is 5.82 Å². The lowest BCUT2D eigenvalue weighted by atomic mass is 10.3. The van der Waals surface area contributed by atoms with Crippen molar-refractivity contribution in [3.05, 3.63) is 11.7 Å². The minimum Gasteiger partial charge on any atom is -0.383 e. The van der Waals surface area contributed by atoms with E-state index in [0.717, 1.165) is 0 Å². The first-order chi connectivity index (χ1) is 6.69. The Kier molecular flexibility index (Phi) is 3.99. The van der Waals surface area contributed by atoms with Gasteiger partial charge in [0, 0.05) is 14.2 Å². The lowest BCUT2D eigenvalue weighted by molar-refractivity contribution is 0.0886. The molecular formula is C8H15N3O3. The van der Waals surface area contributed by atoms with E-state index in [-0.39, 0.29) is 12.1 Å². The van der Waals surface area contributed by atoms with Crippen LogP contribution in [0.3, 0.4) is 0 Å². The number of hydrogen-bond donors (Lipinski definition) is 1. The third kappa shape index (κ3) is 2.50. The van der Waals surface area contributed by atoms with E-state index in [1.807, 2.05) is 6.92 Å². The fourth-order valence-electron chi connectivity index (χ4n) is 0.918. The van der Waals surface area contributed by atoms with Crippen LogP contribution in [0.2, 0.25) is 0 Å². The van der Waals surface area contributed by atoms with Gasteiger partial charge in [-0.25, -0.2) is 0 Å². The Morgan fingerprint density at radius 1 is 1.50 bits per heavy atom. The van der Waals surface area contributed by atoms with Crippen LogP contribution in [0, 0.1) is 0 Å². The maximum Gasteiger partial charge on any atom is 0.255 e. The highest BCUT2D eigenvalue weighted by Gasteiger charge is 2.17. The van der Waals surface area contributed by atoms with E-state index in [0.29, 0.717) is 18.3 Å². The van der Waals surface area contributed by atoms with Crippen LogP contribution in [-0.4, -0.2) is 31.0 Å². The highest BCUT2D eigenvalue weighted by Crippen LogP contribution is 2.15. The second-order valence-corrected chi connectivity index (χ2v) is 2.93. The maximum absolute atomic E-state index is 5.71. The molecule has 6 heteroatoms. The number of methoxy groups -OCH3 is 2. The van der Waals surface area contributed by atoms with Crippen molar-refractivity contribution in [1.29, 1.82) is 0 Å². The molecule has 0 fully saturated rings. The van der Waals surface area contributed by atoms with Crippen LogP contribution in [0.5, 0.6) is 0 Å². The van der Waals surface area contributed by atoms with Crippen molar-refractivity contribution in [2.24, 2.45) is 5.73 Å². The van der Waals surface area contributed by atoms with Gasteiger partial charge in [-0.3, -0.25) is 0 Å². The van der Waals surface area contributed by atoms with Gasteiger partial charge < -0.3 is 19.7 Å². The normalized spacial score (nSPS) is 15.4. The van der Waals surface area contributed by atoms with Gasteiger partial charge in [0.1, 0.15) is 6.10 Å². The van der Waals surface area contributed by atoms with E-state index >= 15 is 0 Å². The minimum absolute atomic E-state index is 0.217. The molecule has 1 heterocycles. The molecule has 0 aliphatic rings. The van der Waals surface area contributed by atoms with Crippen LogP contribution < -0.4 is 5.73 Å². The lowest BCUT2D eigenvalue weighted by Crippen LogP contribution is -2.17. The molecule has 1 rings (SSSR count). The Morgan fingerprint density at radius 3 is 2.79 bits per heavy atom. The molecule has 0 aromatic carbocycles. The molecule has 2 N–H and O–H groups in total. The summed E-state index contributed by atoms with van der Waals surface area (Å²) in [6, 6.07) is -0.360. The molecule has 0 spiro atoms. The zero-order valence-corrected chi connectivity index (χ0v) is 8.56. The summed E-state index contributed by atoms with van der Waals surface area (Å²) in [5.74, 6) is 0.861. The summed E-state index contributed by atoms with van der Waals surface area (Å²) >= 11 is 0. The van der Waals surface area contributed by atoms with Gasteiger partial charge in [0.25, 0.3) is 5.89 Å². The van der Waals surface area contributed by atoms with Gasteiger partial charge >= 0.3 is 0 Å². The summed E-state index contributed by atoms with van der Waals surface area (Å²) in [6.07, 6.45) is -0.217. The summed E-state index contributed by atoms with van der Waals surface area (Å²) in [5, 5.41) is 3.73. The molecule has 0 saturated heterocycles. The monoisotopic (exact) mass is 201 g/mol. The molecule has 0 aliphatic heterocycles. The van der Waals surface area contributed by atoms with E-state index in [1.165, 1.54) is 0 Å². The van der Waals surface area contributed by atoms with Crippen molar-refractivity contribution in [3.63, 3.8) is 0 Å². The summed E-state index contributed by atoms with van der Waals surface area (Å²) in [5.41, 5.74) is 5.71. The van der Waals surface area contributed by atoms with E-state index in [4.69, 9.17) is 19.7 Å². The van der Waals surface area contributed by atoms with E-state index in [9.17, 15) is 0 Å². The Labute approximate surface area is 82.4 Å². The maximum atomic E-state index is 5.71. The third-order valence-electron chi connectivity index (χ3n) is 1.84. The molecule has 0 aliphatic carbocycles. The average molecular weight is 201 g/mol. The van der Waals surface area contributed by atoms with Crippen molar-refractivity contribution >= 4 is 0 Å². The Morgan fingerprint density at radius 2 is 2.21 bits per heavy atom. The second-order valence-electron chi connectivity index (χ2n) is 2.93. The number of hydrogen-bond acceptors (Lipinski definition) is 6. The van der Waals surface area contributed by atoms with Gasteiger partial charge in [-0.2, -0.15) is 4.98 Å². The molecule has 2 unspecified atom stereocenters. The molecule has 1 aromatic heterocycles. The zero-order chi connectivity index (χ0) is 10.6. The fraction of sp³-hybridized carbons (Fsp3) is 0.750. The molecule has 0 bridgehead atoms. The van der Waals surface area contributed by atoms with Gasteiger partial charge in [-0.15, -0.1) is 0 Å². The van der Waals surface area contributed by atoms with Crippen LogP contribution in [0.4, 0.5) is 0 Å².